The minimum absolute atomic E-state index is 0.101. The number of pyridine rings is 1. The lowest BCUT2D eigenvalue weighted by molar-refractivity contribution is -0.122. The topological polar surface area (TPSA) is 72.6 Å². The third-order valence-corrected chi connectivity index (χ3v) is 7.36. The van der Waals surface area contributed by atoms with Crippen molar-refractivity contribution in [1.82, 2.24) is 14.4 Å². The van der Waals surface area contributed by atoms with Crippen LogP contribution >= 0.6 is 24.0 Å². The van der Waals surface area contributed by atoms with Crippen molar-refractivity contribution in [3.05, 3.63) is 31.9 Å². The molecule has 0 N–H and O–H groups in total. The first kappa shape index (κ1) is 24.5. The molecule has 1 aromatic heterocycles. The fraction of sp³-hybridized carbons (Fsp3) is 0.565. The fourth-order valence-corrected chi connectivity index (χ4v) is 5.36. The molecule has 172 valence electrons. The summed E-state index contributed by atoms with van der Waals surface area (Å²) in [6, 6.07) is 2.11. The minimum atomic E-state index is -0.247. The van der Waals surface area contributed by atoms with E-state index in [-0.39, 0.29) is 17.0 Å². The molecule has 2 aliphatic heterocycles. The molecule has 0 bridgehead atoms. The average molecular weight is 474 g/mol. The molecule has 7 nitrogen and oxygen atoms in total. The molecular weight excluding hydrogens is 442 g/mol. The molecule has 9 heteroatoms. The zero-order chi connectivity index (χ0) is 23.4. The van der Waals surface area contributed by atoms with Crippen LogP contribution in [-0.4, -0.2) is 64.4 Å². The highest BCUT2D eigenvalue weighted by molar-refractivity contribution is 8.26. The molecule has 3 heterocycles. The molecule has 0 aromatic carbocycles. The van der Waals surface area contributed by atoms with E-state index in [1.54, 1.807) is 9.47 Å². The van der Waals surface area contributed by atoms with E-state index in [0.29, 0.717) is 27.9 Å². The summed E-state index contributed by atoms with van der Waals surface area (Å²) in [7, 11) is 2.09. The number of thiocarbonyl (C=S) groups is 1. The lowest BCUT2D eigenvalue weighted by Crippen LogP contribution is -2.47. The van der Waals surface area contributed by atoms with E-state index < -0.39 is 0 Å². The summed E-state index contributed by atoms with van der Waals surface area (Å²) in [6.07, 6.45) is 4.45. The molecule has 0 unspecified atom stereocenters. The number of nitriles is 1. The first-order chi connectivity index (χ1) is 15.3. The van der Waals surface area contributed by atoms with Crippen molar-refractivity contribution in [1.29, 1.82) is 5.26 Å². The van der Waals surface area contributed by atoms with Crippen LogP contribution in [0.3, 0.4) is 0 Å². The highest BCUT2D eigenvalue weighted by Gasteiger charge is 2.33. The molecule has 2 fully saturated rings. The number of carbonyl (C=O) groups excluding carboxylic acids is 1. The molecule has 1 aromatic rings. The van der Waals surface area contributed by atoms with Gasteiger partial charge in [-0.15, -0.1) is 0 Å². The zero-order valence-electron chi connectivity index (χ0n) is 19.3. The van der Waals surface area contributed by atoms with E-state index in [1.165, 1.54) is 11.8 Å². The van der Waals surface area contributed by atoms with Gasteiger partial charge in [0.1, 0.15) is 21.8 Å². The summed E-state index contributed by atoms with van der Waals surface area (Å²) in [4.78, 5) is 33.0. The Morgan fingerprint density at radius 2 is 1.81 bits per heavy atom. The molecule has 0 atom stereocenters. The van der Waals surface area contributed by atoms with Gasteiger partial charge in [-0.2, -0.15) is 5.26 Å². The number of nitrogens with zero attached hydrogens (tertiary/aromatic N) is 5. The van der Waals surface area contributed by atoms with Crippen LogP contribution in [0.25, 0.3) is 6.08 Å². The van der Waals surface area contributed by atoms with Gasteiger partial charge in [-0.25, -0.2) is 0 Å². The second-order valence-electron chi connectivity index (χ2n) is 8.28. The number of hydrogen-bond donors (Lipinski definition) is 0. The van der Waals surface area contributed by atoms with Gasteiger partial charge in [0.2, 0.25) is 0 Å². The number of hydrogen-bond acceptors (Lipinski definition) is 7. The van der Waals surface area contributed by atoms with Crippen molar-refractivity contribution < 1.29 is 4.79 Å². The highest BCUT2D eigenvalue weighted by atomic mass is 32.2. The third-order valence-electron chi connectivity index (χ3n) is 5.98. The van der Waals surface area contributed by atoms with E-state index >= 15 is 0 Å². The molecule has 0 aliphatic carbocycles. The van der Waals surface area contributed by atoms with Gasteiger partial charge in [0.25, 0.3) is 11.5 Å². The number of aromatic nitrogens is 1. The lowest BCUT2D eigenvalue weighted by Gasteiger charge is -2.36. The maximum absolute atomic E-state index is 13.3. The smallest absolute Gasteiger partial charge is 0.270 e. The second kappa shape index (κ2) is 10.6. The van der Waals surface area contributed by atoms with Gasteiger partial charge in [-0.1, -0.05) is 44.2 Å². The van der Waals surface area contributed by atoms with Gasteiger partial charge < -0.3 is 9.80 Å². The van der Waals surface area contributed by atoms with Crippen molar-refractivity contribution in [3.63, 3.8) is 0 Å². The van der Waals surface area contributed by atoms with E-state index in [9.17, 15) is 14.9 Å². The minimum Gasteiger partial charge on any atom is -0.355 e. The number of unbranched alkanes of at least 4 members (excludes halogenated alkanes) is 1. The number of carbonyl (C=O) groups is 1. The second-order valence-corrected chi connectivity index (χ2v) is 9.96. The predicted molar refractivity (Wildman–Crippen MR) is 135 cm³/mol. The van der Waals surface area contributed by atoms with Crippen LogP contribution in [-0.2, 0) is 11.3 Å². The summed E-state index contributed by atoms with van der Waals surface area (Å²) in [6.45, 7) is 10.4. The van der Waals surface area contributed by atoms with Crippen LogP contribution in [0.15, 0.2) is 9.70 Å². The maximum atomic E-state index is 13.3. The monoisotopic (exact) mass is 473 g/mol. The Balaban J connectivity index is 2.21. The number of piperazine rings is 1. The van der Waals surface area contributed by atoms with Gasteiger partial charge >= 0.3 is 0 Å². The molecule has 1 amide bonds. The highest BCUT2D eigenvalue weighted by Crippen LogP contribution is 2.36. The van der Waals surface area contributed by atoms with Gasteiger partial charge in [0.15, 0.2) is 0 Å². The molecule has 0 spiro atoms. The Kier molecular flexibility index (Phi) is 8.15. The van der Waals surface area contributed by atoms with Crippen LogP contribution in [0.1, 0.15) is 49.8 Å². The number of rotatable bonds is 7. The van der Waals surface area contributed by atoms with Gasteiger partial charge in [0, 0.05) is 44.8 Å². The van der Waals surface area contributed by atoms with Crippen LogP contribution in [0, 0.1) is 18.3 Å². The maximum Gasteiger partial charge on any atom is 0.270 e. The summed E-state index contributed by atoms with van der Waals surface area (Å²) in [5.41, 5.74) is 1.30. The largest absolute Gasteiger partial charge is 0.355 e. The molecule has 0 radical (unpaired) electrons. The number of anilines is 1. The zero-order valence-corrected chi connectivity index (χ0v) is 20.9. The standard InChI is InChI=1S/C23H31N5O2S2/c1-5-7-9-27-20(26-12-10-25(4)11-13-26)17(16(3)18(15-24)21(27)29)14-19-22(30)28(8-6-2)23(31)32-19/h14H,5-13H2,1-4H3/b19-14-. The summed E-state index contributed by atoms with van der Waals surface area (Å²) >= 11 is 6.73. The number of likely N-dealkylation sites (N-methyl/N-ethyl adjacent to an activating group) is 1. The number of thioether (sulfide) groups is 1. The Hall–Kier alpha value is -2.15. The quantitative estimate of drug-likeness (QED) is 0.445. The number of amides is 1. The van der Waals surface area contributed by atoms with E-state index in [4.69, 9.17) is 12.2 Å². The van der Waals surface area contributed by atoms with E-state index in [2.05, 4.69) is 29.8 Å². The molecule has 2 saturated heterocycles. The third kappa shape index (κ3) is 4.77. The van der Waals surface area contributed by atoms with E-state index in [0.717, 1.165) is 56.8 Å². The van der Waals surface area contributed by atoms with Crippen molar-refractivity contribution in [2.24, 2.45) is 0 Å². The SMILES string of the molecule is CCCCn1c(N2CCN(C)CC2)c(/C=C2\SC(=S)N(CCC)C2=O)c(C)c(C#N)c1=O. The van der Waals surface area contributed by atoms with Crippen LogP contribution < -0.4 is 10.5 Å². The lowest BCUT2D eigenvalue weighted by atomic mass is 10.0. The van der Waals surface area contributed by atoms with Gasteiger partial charge in [-0.3, -0.25) is 19.1 Å². The van der Waals surface area contributed by atoms with Crippen molar-refractivity contribution in [3.8, 4) is 6.07 Å². The predicted octanol–water partition coefficient (Wildman–Crippen LogP) is 3.19. The van der Waals surface area contributed by atoms with Crippen LogP contribution in [0.4, 0.5) is 5.82 Å². The summed E-state index contributed by atoms with van der Waals surface area (Å²) in [5.74, 6) is 0.712. The van der Waals surface area contributed by atoms with Gasteiger partial charge in [-0.05, 0) is 38.5 Å². The van der Waals surface area contributed by atoms with Crippen molar-refractivity contribution >= 4 is 46.1 Å². The molecule has 32 heavy (non-hydrogen) atoms. The molecular formula is C23H31N5O2S2. The Morgan fingerprint density at radius 3 is 2.41 bits per heavy atom. The van der Waals surface area contributed by atoms with Crippen LogP contribution in [0.5, 0.6) is 0 Å². The average Bonchev–Trinajstić information content (AvgIpc) is 3.03. The normalized spacial score (nSPS) is 18.7. The Bertz CT molecular complexity index is 1030. The molecule has 3 rings (SSSR count). The van der Waals surface area contributed by atoms with Crippen LogP contribution in [0.2, 0.25) is 0 Å². The van der Waals surface area contributed by atoms with Crippen molar-refractivity contribution in [2.45, 2.75) is 46.6 Å². The first-order valence-electron chi connectivity index (χ1n) is 11.2. The Morgan fingerprint density at radius 1 is 1.12 bits per heavy atom. The summed E-state index contributed by atoms with van der Waals surface area (Å²) < 4.78 is 2.31. The van der Waals surface area contributed by atoms with E-state index in [1.807, 2.05) is 19.9 Å². The Labute approximate surface area is 199 Å². The summed E-state index contributed by atoms with van der Waals surface area (Å²) in [5, 5.41) is 9.77. The van der Waals surface area contributed by atoms with Crippen molar-refractivity contribution in [2.75, 3.05) is 44.7 Å². The molecule has 0 saturated carbocycles. The fourth-order valence-electron chi connectivity index (χ4n) is 4.07. The molecule has 2 aliphatic rings. The van der Waals surface area contributed by atoms with Gasteiger partial charge in [0.05, 0.1) is 4.91 Å². The first-order valence-corrected chi connectivity index (χ1v) is 12.4.